The largest absolute Gasteiger partial charge is 0.478 e. The van der Waals surface area contributed by atoms with Gasteiger partial charge >= 0.3 is 5.97 Å². The molecule has 1 fully saturated rings. The number of carbonyl (C=O) groups is 1. The number of carboxylic acid groups (broad SMARTS) is 1. The predicted molar refractivity (Wildman–Crippen MR) is 62.2 cm³/mol. The molecule has 0 unspecified atom stereocenters. The summed E-state index contributed by atoms with van der Waals surface area (Å²) < 4.78 is 5.42. The molecule has 2 heterocycles. The lowest BCUT2D eigenvalue weighted by molar-refractivity contribution is 0.0693. The van der Waals surface area contributed by atoms with Gasteiger partial charge in [-0.1, -0.05) is 0 Å². The number of aryl methyl sites for hydroxylation is 1. The van der Waals surface area contributed by atoms with Crippen molar-refractivity contribution in [2.75, 3.05) is 13.1 Å². The van der Waals surface area contributed by atoms with Gasteiger partial charge in [-0.15, -0.1) is 12.4 Å². The van der Waals surface area contributed by atoms with Crippen molar-refractivity contribution in [1.82, 2.24) is 4.90 Å². The van der Waals surface area contributed by atoms with Crippen molar-refractivity contribution in [2.45, 2.75) is 26.3 Å². The van der Waals surface area contributed by atoms with E-state index in [1.165, 1.54) is 12.8 Å². The molecule has 5 heteroatoms. The average molecular weight is 246 g/mol. The van der Waals surface area contributed by atoms with Crippen LogP contribution in [0.15, 0.2) is 10.5 Å². The Morgan fingerprint density at radius 3 is 2.69 bits per heavy atom. The van der Waals surface area contributed by atoms with E-state index in [9.17, 15) is 4.79 Å². The molecule has 2 rings (SSSR count). The van der Waals surface area contributed by atoms with Gasteiger partial charge in [0.05, 0.1) is 6.54 Å². The highest BCUT2D eigenvalue weighted by Crippen LogP contribution is 2.19. The fourth-order valence-corrected chi connectivity index (χ4v) is 2.00. The van der Waals surface area contributed by atoms with E-state index in [4.69, 9.17) is 9.52 Å². The lowest BCUT2D eigenvalue weighted by Crippen LogP contribution is -2.19. The first-order valence-electron chi connectivity index (χ1n) is 5.22. The summed E-state index contributed by atoms with van der Waals surface area (Å²) in [7, 11) is 0. The van der Waals surface area contributed by atoms with Crippen molar-refractivity contribution in [3.05, 3.63) is 23.2 Å². The normalized spacial score (nSPS) is 16.1. The maximum atomic E-state index is 10.9. The molecule has 0 spiro atoms. The van der Waals surface area contributed by atoms with Gasteiger partial charge < -0.3 is 9.52 Å². The number of halogens is 1. The van der Waals surface area contributed by atoms with Gasteiger partial charge in [-0.3, -0.25) is 4.90 Å². The minimum Gasteiger partial charge on any atom is -0.478 e. The van der Waals surface area contributed by atoms with Crippen LogP contribution in [0.5, 0.6) is 0 Å². The molecule has 0 radical (unpaired) electrons. The van der Waals surface area contributed by atoms with Crippen LogP contribution in [-0.2, 0) is 6.54 Å². The summed E-state index contributed by atoms with van der Waals surface area (Å²) in [5.41, 5.74) is 0.305. The third-order valence-corrected chi connectivity index (χ3v) is 2.73. The Bertz CT molecular complexity index is 369. The molecule has 0 bridgehead atoms. The van der Waals surface area contributed by atoms with Crippen LogP contribution >= 0.6 is 12.4 Å². The maximum absolute atomic E-state index is 10.9. The molecule has 1 aromatic heterocycles. The van der Waals surface area contributed by atoms with Gasteiger partial charge in [-0.2, -0.15) is 0 Å². The van der Waals surface area contributed by atoms with Gasteiger partial charge in [0.15, 0.2) is 0 Å². The minimum absolute atomic E-state index is 0. The van der Waals surface area contributed by atoms with E-state index in [1.807, 2.05) is 0 Å². The maximum Gasteiger partial charge on any atom is 0.339 e. The van der Waals surface area contributed by atoms with E-state index in [2.05, 4.69) is 4.90 Å². The van der Waals surface area contributed by atoms with Gasteiger partial charge in [-0.25, -0.2) is 4.79 Å². The highest BCUT2D eigenvalue weighted by molar-refractivity contribution is 5.88. The minimum atomic E-state index is -0.902. The molecule has 0 saturated carbocycles. The lowest BCUT2D eigenvalue weighted by atomic mass is 10.2. The van der Waals surface area contributed by atoms with E-state index in [0.717, 1.165) is 13.1 Å². The zero-order chi connectivity index (χ0) is 10.8. The number of rotatable bonds is 3. The topological polar surface area (TPSA) is 53.7 Å². The molecule has 4 nitrogen and oxygen atoms in total. The summed E-state index contributed by atoms with van der Waals surface area (Å²) in [6.45, 7) is 4.48. The fourth-order valence-electron chi connectivity index (χ4n) is 2.00. The first kappa shape index (κ1) is 13.1. The monoisotopic (exact) mass is 245 g/mol. The Kier molecular flexibility index (Phi) is 4.38. The Labute approximate surface area is 101 Å². The third-order valence-electron chi connectivity index (χ3n) is 2.73. The van der Waals surface area contributed by atoms with Crippen molar-refractivity contribution in [3.8, 4) is 0 Å². The summed E-state index contributed by atoms with van der Waals surface area (Å²) in [5.74, 6) is 0.351. The van der Waals surface area contributed by atoms with Gasteiger partial charge in [0.1, 0.15) is 17.1 Å². The predicted octanol–water partition coefficient (Wildman–Crippen LogP) is 2.30. The van der Waals surface area contributed by atoms with Crippen molar-refractivity contribution >= 4 is 18.4 Å². The molecule has 1 aliphatic heterocycles. The summed E-state index contributed by atoms with van der Waals surface area (Å²) in [5, 5.41) is 8.97. The van der Waals surface area contributed by atoms with Crippen LogP contribution < -0.4 is 0 Å². The van der Waals surface area contributed by atoms with Crippen molar-refractivity contribution in [2.24, 2.45) is 0 Å². The molecule has 0 aromatic carbocycles. The third kappa shape index (κ3) is 2.77. The number of hydrogen-bond acceptors (Lipinski definition) is 3. The molecule has 1 saturated heterocycles. The Hall–Kier alpha value is -1.000. The number of nitrogens with zero attached hydrogens (tertiary/aromatic N) is 1. The van der Waals surface area contributed by atoms with Crippen LogP contribution in [0, 0.1) is 6.92 Å². The highest BCUT2D eigenvalue weighted by Gasteiger charge is 2.20. The Morgan fingerprint density at radius 2 is 2.12 bits per heavy atom. The number of furan rings is 1. The first-order chi connectivity index (χ1) is 7.16. The second kappa shape index (κ2) is 5.37. The second-order valence-corrected chi connectivity index (χ2v) is 3.98. The number of aromatic carboxylic acids is 1. The van der Waals surface area contributed by atoms with Crippen molar-refractivity contribution < 1.29 is 14.3 Å². The Morgan fingerprint density at radius 1 is 1.50 bits per heavy atom. The molecular formula is C11H16ClNO3. The van der Waals surface area contributed by atoms with E-state index in [-0.39, 0.29) is 12.4 Å². The molecule has 0 aliphatic carbocycles. The van der Waals surface area contributed by atoms with Gasteiger partial charge in [0, 0.05) is 0 Å². The van der Waals surface area contributed by atoms with Crippen LogP contribution in [0.4, 0.5) is 0 Å². The molecule has 0 atom stereocenters. The van der Waals surface area contributed by atoms with E-state index < -0.39 is 5.97 Å². The fraction of sp³-hybridized carbons (Fsp3) is 0.545. The molecule has 16 heavy (non-hydrogen) atoms. The van der Waals surface area contributed by atoms with E-state index in [0.29, 0.717) is 23.6 Å². The molecular weight excluding hydrogens is 230 g/mol. The van der Waals surface area contributed by atoms with Crippen molar-refractivity contribution in [3.63, 3.8) is 0 Å². The van der Waals surface area contributed by atoms with Crippen LogP contribution in [0.1, 0.15) is 34.7 Å². The Balaban J connectivity index is 0.00000128. The molecule has 1 aliphatic rings. The summed E-state index contributed by atoms with van der Waals surface area (Å²) in [6.07, 6.45) is 2.39. The SMILES string of the molecule is Cc1cc(C(=O)O)c(CN2CCCC2)o1.Cl. The van der Waals surface area contributed by atoms with Crippen LogP contribution in [0.2, 0.25) is 0 Å². The van der Waals surface area contributed by atoms with E-state index >= 15 is 0 Å². The molecule has 1 N–H and O–H groups in total. The number of likely N-dealkylation sites (tertiary alicyclic amines) is 1. The van der Waals surface area contributed by atoms with Crippen molar-refractivity contribution in [1.29, 1.82) is 0 Å². The number of carboxylic acids is 1. The van der Waals surface area contributed by atoms with E-state index in [1.54, 1.807) is 13.0 Å². The van der Waals surface area contributed by atoms with Crippen LogP contribution in [-0.4, -0.2) is 29.1 Å². The number of hydrogen-bond donors (Lipinski definition) is 1. The second-order valence-electron chi connectivity index (χ2n) is 3.98. The average Bonchev–Trinajstić information content (AvgIpc) is 2.75. The quantitative estimate of drug-likeness (QED) is 0.888. The first-order valence-corrected chi connectivity index (χ1v) is 5.22. The van der Waals surface area contributed by atoms with Crippen LogP contribution in [0.25, 0.3) is 0 Å². The highest BCUT2D eigenvalue weighted by atomic mass is 35.5. The summed E-state index contributed by atoms with van der Waals surface area (Å²) in [6, 6.07) is 1.59. The molecule has 0 amide bonds. The summed E-state index contributed by atoms with van der Waals surface area (Å²) in [4.78, 5) is 13.2. The molecule has 90 valence electrons. The zero-order valence-corrected chi connectivity index (χ0v) is 10.0. The standard InChI is InChI=1S/C11H15NO3.ClH/c1-8-6-9(11(13)14)10(15-8)7-12-4-2-3-5-12;/h6H,2-5,7H2,1H3,(H,13,14);1H. The van der Waals surface area contributed by atoms with Crippen LogP contribution in [0.3, 0.4) is 0 Å². The summed E-state index contributed by atoms with van der Waals surface area (Å²) >= 11 is 0. The lowest BCUT2D eigenvalue weighted by Gasteiger charge is -2.12. The van der Waals surface area contributed by atoms with Gasteiger partial charge in [0.25, 0.3) is 0 Å². The molecule has 1 aromatic rings. The van der Waals surface area contributed by atoms with Gasteiger partial charge in [-0.05, 0) is 38.9 Å². The zero-order valence-electron chi connectivity index (χ0n) is 9.23. The van der Waals surface area contributed by atoms with Gasteiger partial charge in [0.2, 0.25) is 0 Å². The smallest absolute Gasteiger partial charge is 0.339 e.